The van der Waals surface area contributed by atoms with E-state index in [-0.39, 0.29) is 17.3 Å². The molecule has 1 aromatic carbocycles. The lowest BCUT2D eigenvalue weighted by molar-refractivity contribution is -0.137. The van der Waals surface area contributed by atoms with Crippen molar-refractivity contribution in [2.45, 2.75) is 111 Å². The van der Waals surface area contributed by atoms with E-state index in [1.165, 1.54) is 12.0 Å². The Balaban J connectivity index is 0.00000222. The molecule has 202 valence electrons. The van der Waals surface area contributed by atoms with Crippen molar-refractivity contribution in [1.82, 2.24) is 4.98 Å². The minimum atomic E-state index is -4.34. The van der Waals surface area contributed by atoms with Crippen molar-refractivity contribution in [3.8, 4) is 0 Å². The smallest absolute Gasteiger partial charge is 0.388 e. The lowest BCUT2D eigenvalue weighted by atomic mass is 9.70. The van der Waals surface area contributed by atoms with Crippen LogP contribution in [0.4, 0.5) is 17.6 Å². The molecule has 2 aromatic rings. The van der Waals surface area contributed by atoms with Crippen LogP contribution in [0, 0.1) is 5.41 Å². The van der Waals surface area contributed by atoms with E-state index in [1.807, 2.05) is 0 Å². The summed E-state index contributed by atoms with van der Waals surface area (Å²) in [5, 5.41) is 11.3. The van der Waals surface area contributed by atoms with Gasteiger partial charge in [-0.25, -0.2) is 0 Å². The van der Waals surface area contributed by atoms with Crippen LogP contribution in [0.2, 0.25) is 0 Å². The normalized spacial score (nSPS) is 17.9. The van der Waals surface area contributed by atoms with Gasteiger partial charge in [0.15, 0.2) is 0 Å². The molecule has 0 bridgehead atoms. The Morgan fingerprint density at radius 2 is 1.67 bits per heavy atom. The van der Waals surface area contributed by atoms with Gasteiger partial charge in [0.05, 0.1) is 18.8 Å². The maximum absolute atomic E-state index is 13.1. The van der Waals surface area contributed by atoms with Crippen LogP contribution in [0.15, 0.2) is 24.3 Å². The van der Waals surface area contributed by atoms with Crippen molar-refractivity contribution < 1.29 is 22.7 Å². The molecule has 0 radical (unpaired) electrons. The van der Waals surface area contributed by atoms with Gasteiger partial charge in [-0.05, 0) is 71.8 Å². The van der Waals surface area contributed by atoms with Crippen molar-refractivity contribution in [3.05, 3.63) is 63.5 Å². The summed E-state index contributed by atoms with van der Waals surface area (Å²) in [6, 6.07) is 5.49. The van der Waals surface area contributed by atoms with Crippen LogP contribution in [0.25, 0.3) is 0 Å². The van der Waals surface area contributed by atoms with Crippen LogP contribution in [0.3, 0.4) is 0 Å². The van der Waals surface area contributed by atoms with Gasteiger partial charge in [-0.2, -0.15) is 13.2 Å². The fraction of sp³-hybridized carbons (Fsp3) is 0.633. The van der Waals surface area contributed by atoms with Crippen molar-refractivity contribution in [3.63, 3.8) is 0 Å². The first-order valence-corrected chi connectivity index (χ1v) is 13.1. The molecular formula is C30H43F4NO. The van der Waals surface area contributed by atoms with E-state index in [1.54, 1.807) is 12.1 Å². The van der Waals surface area contributed by atoms with Gasteiger partial charge in [0.2, 0.25) is 0 Å². The maximum atomic E-state index is 13.1. The van der Waals surface area contributed by atoms with Gasteiger partial charge < -0.3 is 5.11 Å². The summed E-state index contributed by atoms with van der Waals surface area (Å²) in [5.41, 5.74) is 5.46. The molecule has 3 rings (SSSR count). The predicted molar refractivity (Wildman–Crippen MR) is 139 cm³/mol. The largest absolute Gasteiger partial charge is 0.416 e. The highest BCUT2D eigenvalue weighted by Gasteiger charge is 2.37. The number of hydrogen-bond donors (Lipinski definition) is 1. The Hall–Kier alpha value is -1.95. The summed E-state index contributed by atoms with van der Waals surface area (Å²) in [4.78, 5) is 5.11. The van der Waals surface area contributed by atoms with E-state index in [2.05, 4.69) is 41.5 Å². The Kier molecular flexibility index (Phi) is 10.5. The average Bonchev–Trinajstić information content (AvgIpc) is 2.79. The highest BCUT2D eigenvalue weighted by molar-refractivity contribution is 5.48. The van der Waals surface area contributed by atoms with Crippen molar-refractivity contribution in [2.75, 3.05) is 7.18 Å². The van der Waals surface area contributed by atoms with E-state index in [4.69, 9.17) is 4.98 Å². The second-order valence-electron chi connectivity index (χ2n) is 11.2. The molecule has 1 heterocycles. The summed E-state index contributed by atoms with van der Waals surface area (Å²) in [6.45, 7) is 13.0. The van der Waals surface area contributed by atoms with Crippen LogP contribution < -0.4 is 0 Å². The van der Waals surface area contributed by atoms with E-state index in [0.717, 1.165) is 65.9 Å². The Morgan fingerprint density at radius 3 is 2.19 bits per heavy atom. The summed E-state index contributed by atoms with van der Waals surface area (Å²) in [7, 11) is 0.500. The first-order chi connectivity index (χ1) is 16.8. The molecule has 0 spiro atoms. The number of alkyl halides is 4. The molecule has 36 heavy (non-hydrogen) atoms. The number of aliphatic hydroxyl groups excluding tert-OH is 1. The molecular weight excluding hydrogens is 466 g/mol. The van der Waals surface area contributed by atoms with Gasteiger partial charge >= 0.3 is 6.18 Å². The van der Waals surface area contributed by atoms with Crippen LogP contribution in [0.1, 0.15) is 131 Å². The molecule has 6 heteroatoms. The van der Waals surface area contributed by atoms with E-state index in [9.17, 15) is 22.7 Å². The lowest BCUT2D eigenvalue weighted by Gasteiger charge is -2.38. The molecule has 2 atom stereocenters. The lowest BCUT2D eigenvalue weighted by Crippen LogP contribution is -2.29. The number of fused-ring (bicyclic) bond motifs is 1. The first kappa shape index (κ1) is 30.3. The summed E-state index contributed by atoms with van der Waals surface area (Å²) in [6.07, 6.45) is 1.59. The van der Waals surface area contributed by atoms with Crippen LogP contribution >= 0.6 is 0 Å². The SMILES string of the molecule is CCCCCC(C)c1c(Cc2ccc(C(F)(F)F)cc2)c(C(C)C)nc2c1[C@@H](O)CC(C)(C)C2.CF. The first-order valence-electron chi connectivity index (χ1n) is 13.1. The van der Waals surface area contributed by atoms with Gasteiger partial charge in [0, 0.05) is 17.0 Å². The molecule has 1 aliphatic rings. The second kappa shape index (κ2) is 12.5. The number of rotatable bonds is 8. The standard InChI is InChI=1S/C29H40F3NO.CH3F/c1-7-8-9-10-19(4)25-22(15-20-11-13-21(14-12-20)29(30,31)32)27(18(2)3)33-23-16-28(5,6)17-24(34)26(23)25;1-2/h11-14,18-19,24,34H,7-10,15-17H2,1-6H3;1H3/t19?,24-;/m0./s1. The van der Waals surface area contributed by atoms with Crippen LogP contribution in [0.5, 0.6) is 0 Å². The molecule has 1 N–H and O–H groups in total. The molecule has 0 aliphatic heterocycles. The Labute approximate surface area is 214 Å². The molecule has 0 saturated heterocycles. The number of aliphatic hydroxyl groups is 1. The third kappa shape index (κ3) is 7.30. The van der Waals surface area contributed by atoms with Crippen molar-refractivity contribution in [2.24, 2.45) is 5.41 Å². The number of halogens is 4. The predicted octanol–water partition coefficient (Wildman–Crippen LogP) is 9.09. The van der Waals surface area contributed by atoms with Gasteiger partial charge in [0.1, 0.15) is 0 Å². The second-order valence-corrected chi connectivity index (χ2v) is 11.2. The number of pyridine rings is 1. The Morgan fingerprint density at radius 1 is 1.06 bits per heavy atom. The maximum Gasteiger partial charge on any atom is 0.416 e. The van der Waals surface area contributed by atoms with E-state index < -0.39 is 17.8 Å². The van der Waals surface area contributed by atoms with Crippen molar-refractivity contribution in [1.29, 1.82) is 0 Å². The van der Waals surface area contributed by atoms with Gasteiger partial charge in [-0.15, -0.1) is 0 Å². The zero-order valence-corrected chi connectivity index (χ0v) is 22.9. The molecule has 0 amide bonds. The third-order valence-electron chi connectivity index (χ3n) is 7.16. The molecule has 1 unspecified atom stereocenters. The number of benzene rings is 1. The Bertz CT molecular complexity index is 980. The fourth-order valence-corrected chi connectivity index (χ4v) is 5.47. The van der Waals surface area contributed by atoms with E-state index in [0.29, 0.717) is 20.0 Å². The minimum Gasteiger partial charge on any atom is -0.388 e. The van der Waals surface area contributed by atoms with Gasteiger partial charge in [-0.1, -0.05) is 72.9 Å². The summed E-state index contributed by atoms with van der Waals surface area (Å²) >= 11 is 0. The topological polar surface area (TPSA) is 33.1 Å². The minimum absolute atomic E-state index is 0.0225. The molecule has 0 fully saturated rings. The molecule has 1 aliphatic carbocycles. The van der Waals surface area contributed by atoms with Gasteiger partial charge in [0.25, 0.3) is 0 Å². The van der Waals surface area contributed by atoms with Crippen molar-refractivity contribution >= 4 is 0 Å². The number of unbranched alkanes of at least 4 members (excludes halogenated alkanes) is 2. The summed E-state index contributed by atoms with van der Waals surface area (Å²) in [5.74, 6) is 0.430. The van der Waals surface area contributed by atoms with E-state index >= 15 is 0 Å². The number of nitrogens with zero attached hydrogens (tertiary/aromatic N) is 1. The third-order valence-corrected chi connectivity index (χ3v) is 7.16. The van der Waals surface area contributed by atoms with Crippen LogP contribution in [-0.4, -0.2) is 17.3 Å². The average molecular weight is 510 g/mol. The molecule has 1 aromatic heterocycles. The summed E-state index contributed by atoms with van der Waals surface area (Å²) < 4.78 is 48.8. The zero-order chi connectivity index (χ0) is 27.3. The highest BCUT2D eigenvalue weighted by atomic mass is 19.4. The monoisotopic (exact) mass is 509 g/mol. The number of aromatic nitrogens is 1. The highest BCUT2D eigenvalue weighted by Crippen LogP contribution is 2.46. The quantitative estimate of drug-likeness (QED) is 0.284. The fourth-order valence-electron chi connectivity index (χ4n) is 5.47. The number of hydrogen-bond acceptors (Lipinski definition) is 2. The molecule has 0 saturated carbocycles. The van der Waals surface area contributed by atoms with Gasteiger partial charge in [-0.3, -0.25) is 9.37 Å². The van der Waals surface area contributed by atoms with Crippen LogP contribution in [-0.2, 0) is 19.0 Å². The molecule has 2 nitrogen and oxygen atoms in total. The zero-order valence-electron chi connectivity index (χ0n) is 22.9.